The third-order valence-corrected chi connectivity index (χ3v) is 3.72. The van der Waals surface area contributed by atoms with E-state index in [1.54, 1.807) is 0 Å². The van der Waals surface area contributed by atoms with E-state index in [2.05, 4.69) is 16.7 Å². The number of aliphatic hydroxyl groups excluding tert-OH is 1. The first-order valence-corrected chi connectivity index (χ1v) is 6.89. The highest BCUT2D eigenvalue weighted by atomic mass is 16.5. The molecule has 106 valence electrons. The molecule has 1 aliphatic heterocycles. The molecule has 5 nitrogen and oxygen atoms in total. The number of aliphatic hydroxyl groups is 1. The largest absolute Gasteiger partial charge is 0.465 e. The molecule has 1 aliphatic rings. The molecular weight excluding hydrogens is 232 g/mol. The Morgan fingerprint density at radius 1 is 1.22 bits per heavy atom. The Balaban J connectivity index is 2.41. The van der Waals surface area contributed by atoms with E-state index in [1.165, 1.54) is 0 Å². The number of carbonyl (C=O) groups excluding carboxylic acids is 1. The highest BCUT2D eigenvalue weighted by Gasteiger charge is 2.28. The van der Waals surface area contributed by atoms with E-state index in [1.807, 2.05) is 13.8 Å². The van der Waals surface area contributed by atoms with Crippen molar-refractivity contribution in [3.05, 3.63) is 0 Å². The summed E-state index contributed by atoms with van der Waals surface area (Å²) in [5.41, 5.74) is 0. The first kappa shape index (κ1) is 15.4. The Morgan fingerprint density at radius 2 is 1.78 bits per heavy atom. The first-order valence-electron chi connectivity index (χ1n) is 6.89. The van der Waals surface area contributed by atoms with Gasteiger partial charge in [0.15, 0.2) is 0 Å². The molecule has 1 fully saturated rings. The standard InChI is InChI=1S/C13H26N2O3/c1-4-12(10-16)15-8-6-14(7-9-15)11(3)13(17)18-5-2/h11-12,16H,4-10H2,1-3H3. The fourth-order valence-corrected chi connectivity index (χ4v) is 2.40. The van der Waals surface area contributed by atoms with Gasteiger partial charge >= 0.3 is 5.97 Å². The molecule has 18 heavy (non-hydrogen) atoms. The SMILES string of the molecule is CCOC(=O)C(C)N1CCN(C(CC)CO)CC1. The molecule has 0 spiro atoms. The smallest absolute Gasteiger partial charge is 0.323 e. The van der Waals surface area contributed by atoms with Crippen molar-refractivity contribution in [2.75, 3.05) is 39.4 Å². The molecule has 0 bridgehead atoms. The average Bonchev–Trinajstić information content (AvgIpc) is 2.40. The van der Waals surface area contributed by atoms with Crippen molar-refractivity contribution in [3.63, 3.8) is 0 Å². The summed E-state index contributed by atoms with van der Waals surface area (Å²) in [5.74, 6) is -0.139. The summed E-state index contributed by atoms with van der Waals surface area (Å²) in [5, 5.41) is 9.28. The van der Waals surface area contributed by atoms with Crippen LogP contribution >= 0.6 is 0 Å². The van der Waals surface area contributed by atoms with Crippen molar-refractivity contribution >= 4 is 5.97 Å². The molecule has 1 rings (SSSR count). The Bertz CT molecular complexity index is 249. The van der Waals surface area contributed by atoms with Crippen molar-refractivity contribution in [3.8, 4) is 0 Å². The summed E-state index contributed by atoms with van der Waals surface area (Å²) < 4.78 is 5.04. The zero-order chi connectivity index (χ0) is 13.5. The number of rotatable bonds is 6. The van der Waals surface area contributed by atoms with Crippen LogP contribution in [0.4, 0.5) is 0 Å². The van der Waals surface area contributed by atoms with Crippen LogP contribution in [0.15, 0.2) is 0 Å². The Labute approximate surface area is 110 Å². The number of ether oxygens (including phenoxy) is 1. The predicted octanol–water partition coefficient (Wildman–Crippen LogP) is 0.327. The lowest BCUT2D eigenvalue weighted by Crippen LogP contribution is -2.55. The molecule has 2 unspecified atom stereocenters. The van der Waals surface area contributed by atoms with Crippen LogP contribution in [-0.2, 0) is 9.53 Å². The first-order chi connectivity index (χ1) is 8.63. The van der Waals surface area contributed by atoms with Gasteiger partial charge in [0, 0.05) is 32.2 Å². The number of hydrogen-bond donors (Lipinski definition) is 1. The number of carbonyl (C=O) groups is 1. The van der Waals surface area contributed by atoms with E-state index in [0.29, 0.717) is 6.61 Å². The van der Waals surface area contributed by atoms with E-state index in [4.69, 9.17) is 4.74 Å². The van der Waals surface area contributed by atoms with Gasteiger partial charge in [-0.25, -0.2) is 0 Å². The maximum Gasteiger partial charge on any atom is 0.323 e. The predicted molar refractivity (Wildman–Crippen MR) is 70.4 cm³/mol. The normalized spacial score (nSPS) is 21.6. The van der Waals surface area contributed by atoms with Gasteiger partial charge in [-0.15, -0.1) is 0 Å². The summed E-state index contributed by atoms with van der Waals surface area (Å²) in [6.45, 7) is 10.00. The number of esters is 1. The van der Waals surface area contributed by atoms with Crippen LogP contribution in [0.1, 0.15) is 27.2 Å². The number of piperazine rings is 1. The summed E-state index contributed by atoms with van der Waals surface area (Å²) in [6, 6.07) is 0.0892. The van der Waals surface area contributed by atoms with Gasteiger partial charge in [-0.05, 0) is 20.3 Å². The molecule has 0 aliphatic carbocycles. The highest BCUT2D eigenvalue weighted by molar-refractivity contribution is 5.75. The van der Waals surface area contributed by atoms with Gasteiger partial charge in [-0.3, -0.25) is 14.6 Å². The van der Waals surface area contributed by atoms with Gasteiger partial charge in [0.05, 0.1) is 13.2 Å². The number of hydrogen-bond acceptors (Lipinski definition) is 5. The minimum atomic E-state index is -0.165. The molecule has 0 aromatic carbocycles. The van der Waals surface area contributed by atoms with Crippen LogP contribution in [-0.4, -0.2) is 72.4 Å². The fourth-order valence-electron chi connectivity index (χ4n) is 2.40. The topological polar surface area (TPSA) is 53.0 Å². The molecule has 1 saturated heterocycles. The van der Waals surface area contributed by atoms with Crippen LogP contribution in [0.25, 0.3) is 0 Å². The van der Waals surface area contributed by atoms with Crippen molar-refractivity contribution in [2.45, 2.75) is 39.3 Å². The molecule has 1 N–H and O–H groups in total. The molecule has 0 amide bonds. The number of nitrogens with zero attached hydrogens (tertiary/aromatic N) is 2. The van der Waals surface area contributed by atoms with E-state index >= 15 is 0 Å². The van der Waals surface area contributed by atoms with Crippen molar-refractivity contribution in [1.82, 2.24) is 9.80 Å². The van der Waals surface area contributed by atoms with E-state index < -0.39 is 0 Å². The Kier molecular flexibility index (Phi) is 6.60. The van der Waals surface area contributed by atoms with Gasteiger partial charge in [0.25, 0.3) is 0 Å². The van der Waals surface area contributed by atoms with Gasteiger partial charge in [-0.2, -0.15) is 0 Å². The summed E-state index contributed by atoms with van der Waals surface area (Å²) in [7, 11) is 0. The van der Waals surface area contributed by atoms with Crippen LogP contribution in [0.3, 0.4) is 0 Å². The fraction of sp³-hybridized carbons (Fsp3) is 0.923. The van der Waals surface area contributed by atoms with E-state index in [0.717, 1.165) is 32.6 Å². The minimum absolute atomic E-state index is 0.139. The third kappa shape index (κ3) is 3.93. The van der Waals surface area contributed by atoms with Crippen molar-refractivity contribution in [2.24, 2.45) is 0 Å². The van der Waals surface area contributed by atoms with Gasteiger partial charge < -0.3 is 9.84 Å². The minimum Gasteiger partial charge on any atom is -0.465 e. The van der Waals surface area contributed by atoms with E-state index in [-0.39, 0.29) is 24.7 Å². The van der Waals surface area contributed by atoms with Crippen molar-refractivity contribution in [1.29, 1.82) is 0 Å². The molecule has 2 atom stereocenters. The molecule has 0 saturated carbocycles. The Hall–Kier alpha value is -0.650. The highest BCUT2D eigenvalue weighted by Crippen LogP contribution is 2.12. The maximum absolute atomic E-state index is 11.7. The molecule has 0 aromatic heterocycles. The lowest BCUT2D eigenvalue weighted by Gasteiger charge is -2.40. The average molecular weight is 258 g/mol. The second-order valence-corrected chi connectivity index (χ2v) is 4.74. The van der Waals surface area contributed by atoms with Gasteiger partial charge in [0.1, 0.15) is 6.04 Å². The molecular formula is C13H26N2O3. The maximum atomic E-state index is 11.7. The van der Waals surface area contributed by atoms with Gasteiger partial charge in [-0.1, -0.05) is 6.92 Å². The van der Waals surface area contributed by atoms with Crippen molar-refractivity contribution < 1.29 is 14.6 Å². The molecule has 5 heteroatoms. The van der Waals surface area contributed by atoms with E-state index in [9.17, 15) is 9.90 Å². The molecule has 1 heterocycles. The molecule has 0 aromatic rings. The van der Waals surface area contributed by atoms with Crippen LogP contribution in [0.2, 0.25) is 0 Å². The lowest BCUT2D eigenvalue weighted by molar-refractivity contribution is -0.149. The third-order valence-electron chi connectivity index (χ3n) is 3.72. The van der Waals surface area contributed by atoms with Crippen LogP contribution < -0.4 is 0 Å². The second kappa shape index (κ2) is 7.71. The van der Waals surface area contributed by atoms with Crippen LogP contribution in [0.5, 0.6) is 0 Å². The summed E-state index contributed by atoms with van der Waals surface area (Å²) >= 11 is 0. The quantitative estimate of drug-likeness (QED) is 0.696. The Morgan fingerprint density at radius 3 is 2.22 bits per heavy atom. The second-order valence-electron chi connectivity index (χ2n) is 4.74. The summed E-state index contributed by atoms with van der Waals surface area (Å²) in [6.07, 6.45) is 0.962. The monoisotopic (exact) mass is 258 g/mol. The van der Waals surface area contributed by atoms with Gasteiger partial charge in [0.2, 0.25) is 0 Å². The zero-order valence-corrected chi connectivity index (χ0v) is 11.8. The lowest BCUT2D eigenvalue weighted by atomic mass is 10.1. The van der Waals surface area contributed by atoms with Crippen LogP contribution in [0, 0.1) is 0 Å². The zero-order valence-electron chi connectivity index (χ0n) is 11.8. The summed E-state index contributed by atoms with van der Waals surface area (Å²) in [4.78, 5) is 16.1. The molecule has 0 radical (unpaired) electrons.